The maximum absolute atomic E-state index is 5.86. The molecule has 0 aliphatic rings. The van der Waals surface area contributed by atoms with Crippen LogP contribution < -0.4 is 5.73 Å². The predicted octanol–water partition coefficient (Wildman–Crippen LogP) is 1.14. The molecular weight excluding hydrogens is 138 g/mol. The first-order valence-corrected chi connectivity index (χ1v) is 3.91. The van der Waals surface area contributed by atoms with E-state index in [9.17, 15) is 0 Å². The van der Waals surface area contributed by atoms with Gasteiger partial charge in [-0.25, -0.2) is 0 Å². The molecule has 11 heavy (non-hydrogen) atoms. The normalized spacial score (nSPS) is 13.5. The topological polar surface area (TPSA) is 43.8 Å². The molecule has 0 spiro atoms. The van der Waals surface area contributed by atoms with Crippen LogP contribution in [0.4, 0.5) is 0 Å². The van der Waals surface area contributed by atoms with E-state index in [1.165, 1.54) is 0 Å². The fourth-order valence-corrected chi connectivity index (χ4v) is 1.20. The van der Waals surface area contributed by atoms with Crippen molar-refractivity contribution in [2.75, 3.05) is 0 Å². The number of hydrogen-bond acceptors (Lipinski definition) is 2. The molecule has 0 fully saturated rings. The highest BCUT2D eigenvalue weighted by atomic mass is 15.2. The summed E-state index contributed by atoms with van der Waals surface area (Å²) in [4.78, 5) is 0. The van der Waals surface area contributed by atoms with Gasteiger partial charge in [0.25, 0.3) is 0 Å². The molecule has 1 aromatic rings. The average Bonchev–Trinajstić information content (AvgIpc) is 2.28. The smallest absolute Gasteiger partial charge is 0.0641 e. The first-order chi connectivity index (χ1) is 5.15. The van der Waals surface area contributed by atoms with Crippen molar-refractivity contribution >= 4 is 0 Å². The van der Waals surface area contributed by atoms with Gasteiger partial charge in [-0.2, -0.15) is 5.10 Å². The Kier molecular flexibility index (Phi) is 2.29. The minimum atomic E-state index is 0.142. The van der Waals surface area contributed by atoms with E-state index in [2.05, 4.69) is 12.0 Å². The molecule has 1 heterocycles. The van der Waals surface area contributed by atoms with Crippen molar-refractivity contribution in [3.63, 3.8) is 0 Å². The van der Waals surface area contributed by atoms with Gasteiger partial charge in [0, 0.05) is 24.8 Å². The molecule has 62 valence electrons. The van der Waals surface area contributed by atoms with Crippen molar-refractivity contribution in [1.82, 2.24) is 9.78 Å². The Bertz CT molecular complexity index is 239. The van der Waals surface area contributed by atoms with E-state index >= 15 is 0 Å². The van der Waals surface area contributed by atoms with Gasteiger partial charge in [-0.1, -0.05) is 6.92 Å². The quantitative estimate of drug-likeness (QED) is 0.692. The Hall–Kier alpha value is -0.830. The molecule has 0 bridgehead atoms. The number of hydrogen-bond donors (Lipinski definition) is 1. The monoisotopic (exact) mass is 153 g/mol. The number of nitrogens with two attached hydrogens (primary N) is 1. The molecule has 3 heteroatoms. The molecule has 0 aromatic carbocycles. The maximum atomic E-state index is 5.86. The second kappa shape index (κ2) is 3.05. The van der Waals surface area contributed by atoms with Gasteiger partial charge in [0.1, 0.15) is 0 Å². The predicted molar refractivity (Wildman–Crippen MR) is 45.2 cm³/mol. The molecule has 0 amide bonds. The highest BCUT2D eigenvalue weighted by Crippen LogP contribution is 2.15. The summed E-state index contributed by atoms with van der Waals surface area (Å²) in [6, 6.07) is 0.142. The first-order valence-electron chi connectivity index (χ1n) is 3.91. The third kappa shape index (κ3) is 1.60. The highest BCUT2D eigenvalue weighted by Gasteiger charge is 2.08. The highest BCUT2D eigenvalue weighted by molar-refractivity contribution is 5.19. The van der Waals surface area contributed by atoms with E-state index in [0.29, 0.717) is 0 Å². The molecule has 0 aliphatic heterocycles. The van der Waals surface area contributed by atoms with Gasteiger partial charge in [-0.15, -0.1) is 0 Å². The first kappa shape index (κ1) is 8.27. The van der Waals surface area contributed by atoms with Gasteiger partial charge in [-0.05, 0) is 13.3 Å². The average molecular weight is 153 g/mol. The van der Waals surface area contributed by atoms with Crippen molar-refractivity contribution in [1.29, 1.82) is 0 Å². The van der Waals surface area contributed by atoms with Gasteiger partial charge in [-0.3, -0.25) is 4.68 Å². The van der Waals surface area contributed by atoms with Crippen LogP contribution >= 0.6 is 0 Å². The fourth-order valence-electron chi connectivity index (χ4n) is 1.20. The van der Waals surface area contributed by atoms with Crippen LogP contribution in [-0.4, -0.2) is 9.78 Å². The Morgan fingerprint density at radius 2 is 2.36 bits per heavy atom. The molecule has 1 aromatic heterocycles. The van der Waals surface area contributed by atoms with E-state index in [1.807, 2.05) is 20.2 Å². The summed E-state index contributed by atoms with van der Waals surface area (Å²) < 4.78 is 1.81. The third-order valence-corrected chi connectivity index (χ3v) is 1.89. The summed E-state index contributed by atoms with van der Waals surface area (Å²) in [7, 11) is 1.92. The molecule has 0 saturated heterocycles. The lowest BCUT2D eigenvalue weighted by atomic mass is 10.1. The largest absolute Gasteiger partial charge is 0.324 e. The van der Waals surface area contributed by atoms with E-state index in [1.54, 1.807) is 4.68 Å². The Balaban J connectivity index is 2.93. The second-order valence-electron chi connectivity index (χ2n) is 2.86. The van der Waals surface area contributed by atoms with E-state index in [0.717, 1.165) is 17.7 Å². The van der Waals surface area contributed by atoms with Gasteiger partial charge >= 0.3 is 0 Å². The zero-order valence-electron chi connectivity index (χ0n) is 7.33. The summed E-state index contributed by atoms with van der Waals surface area (Å²) in [6.07, 6.45) is 2.95. The lowest BCUT2D eigenvalue weighted by Gasteiger charge is -2.05. The van der Waals surface area contributed by atoms with Gasteiger partial charge in [0.05, 0.1) is 5.69 Å². The lowest BCUT2D eigenvalue weighted by Crippen LogP contribution is -2.08. The Morgan fingerprint density at radius 3 is 2.73 bits per heavy atom. The minimum absolute atomic E-state index is 0.142. The number of rotatable bonds is 2. The summed E-state index contributed by atoms with van der Waals surface area (Å²) in [6.45, 7) is 4.07. The molecule has 2 N–H and O–H groups in total. The van der Waals surface area contributed by atoms with Crippen molar-refractivity contribution in [3.8, 4) is 0 Å². The summed E-state index contributed by atoms with van der Waals surface area (Å²) in [5, 5.41) is 4.22. The van der Waals surface area contributed by atoms with Crippen LogP contribution in [-0.2, 0) is 7.05 Å². The van der Waals surface area contributed by atoms with Gasteiger partial charge < -0.3 is 5.73 Å². The van der Waals surface area contributed by atoms with Crippen LogP contribution in [0.1, 0.15) is 30.6 Å². The summed E-state index contributed by atoms with van der Waals surface area (Å²) in [5.74, 6) is 0. The molecule has 1 rings (SSSR count). The molecule has 0 unspecified atom stereocenters. The van der Waals surface area contributed by atoms with Crippen molar-refractivity contribution in [2.45, 2.75) is 26.3 Å². The van der Waals surface area contributed by atoms with Crippen LogP contribution in [0.15, 0.2) is 6.20 Å². The second-order valence-corrected chi connectivity index (χ2v) is 2.86. The van der Waals surface area contributed by atoms with Crippen molar-refractivity contribution in [2.24, 2.45) is 12.8 Å². The number of nitrogens with zero attached hydrogens (tertiary/aromatic N) is 2. The Morgan fingerprint density at radius 1 is 1.73 bits per heavy atom. The van der Waals surface area contributed by atoms with Gasteiger partial charge in [0.2, 0.25) is 0 Å². The van der Waals surface area contributed by atoms with Gasteiger partial charge in [0.15, 0.2) is 0 Å². The summed E-state index contributed by atoms with van der Waals surface area (Å²) >= 11 is 0. The standard InChI is InChI=1S/C8H15N3/c1-4-8(9)7-5-11(3)10-6(7)2/h5,8H,4,9H2,1-3H3/t8-/m1/s1. The minimum Gasteiger partial charge on any atom is -0.324 e. The van der Waals surface area contributed by atoms with Crippen LogP contribution in [0.25, 0.3) is 0 Å². The zero-order valence-corrected chi connectivity index (χ0v) is 7.33. The van der Waals surface area contributed by atoms with Crippen molar-refractivity contribution < 1.29 is 0 Å². The van der Waals surface area contributed by atoms with Crippen LogP contribution in [0.5, 0.6) is 0 Å². The molecule has 3 nitrogen and oxygen atoms in total. The molecule has 0 aliphatic carbocycles. The number of aryl methyl sites for hydroxylation is 2. The number of aromatic nitrogens is 2. The van der Waals surface area contributed by atoms with Crippen LogP contribution in [0.3, 0.4) is 0 Å². The fraction of sp³-hybridized carbons (Fsp3) is 0.625. The lowest BCUT2D eigenvalue weighted by molar-refractivity contribution is 0.693. The van der Waals surface area contributed by atoms with Crippen molar-refractivity contribution in [3.05, 3.63) is 17.5 Å². The van der Waals surface area contributed by atoms with Crippen LogP contribution in [0.2, 0.25) is 0 Å². The summed E-state index contributed by atoms with van der Waals surface area (Å²) in [5.41, 5.74) is 8.06. The molecule has 0 saturated carbocycles. The van der Waals surface area contributed by atoms with E-state index in [-0.39, 0.29) is 6.04 Å². The SMILES string of the molecule is CC[C@@H](N)c1cn(C)nc1C. The Labute approximate surface area is 67.2 Å². The van der Waals surface area contributed by atoms with E-state index in [4.69, 9.17) is 5.73 Å². The third-order valence-electron chi connectivity index (χ3n) is 1.89. The molecular formula is C8H15N3. The molecule has 1 atom stereocenters. The van der Waals surface area contributed by atoms with Crippen LogP contribution in [0, 0.1) is 6.92 Å². The molecule has 0 radical (unpaired) electrons. The maximum Gasteiger partial charge on any atom is 0.0641 e. The zero-order chi connectivity index (χ0) is 8.43. The van der Waals surface area contributed by atoms with E-state index < -0.39 is 0 Å².